The lowest BCUT2D eigenvalue weighted by atomic mass is 9.97. The molecule has 3 aliphatic carbocycles. The Morgan fingerprint density at radius 1 is 0.458 bits per heavy atom. The van der Waals surface area contributed by atoms with Gasteiger partial charge in [0.2, 0.25) is 0 Å². The summed E-state index contributed by atoms with van der Waals surface area (Å²) >= 11 is 0. The van der Waals surface area contributed by atoms with Crippen molar-refractivity contribution in [3.8, 4) is 0 Å². The lowest BCUT2D eigenvalue weighted by Crippen LogP contribution is -2.50. The van der Waals surface area contributed by atoms with E-state index in [1.54, 1.807) is 0 Å². The minimum atomic E-state index is -0.177. The first kappa shape index (κ1) is 68.6. The van der Waals surface area contributed by atoms with E-state index < -0.39 is 0 Å². The molecule has 0 spiro atoms. The number of aliphatic hydroxyl groups is 2. The Kier molecular flexibility index (Phi) is 40.7. The average molecular weight is 1060 g/mol. The zero-order valence-corrected chi connectivity index (χ0v) is 51.2. The molecule has 0 bridgehead atoms. The van der Waals surface area contributed by atoms with Crippen LogP contribution in [0.1, 0.15) is 195 Å². The molecule has 0 radical (unpaired) electrons. The van der Waals surface area contributed by atoms with Crippen LogP contribution >= 0.6 is 28.2 Å². The maximum Gasteiger partial charge on any atom is 0.0848 e. The van der Waals surface area contributed by atoms with Crippen molar-refractivity contribution in [2.45, 2.75) is 233 Å². The topological polar surface area (TPSA) is 108 Å². The SMILES string of the molecule is CC.CC.CC.CC.CC.CC.O[C@@H]1C[C@@H](c2ccccc2)C[C@H]1N1CCCC(NP)C1.O[C@H]1C[C@H](c2ccccc2)C[C@@H]1N1CCCC(NP)C1.PNC1CCCNC1.c1ccc(C2C[C@@H]3O[C@@H]3C2)cc1. The van der Waals surface area contributed by atoms with Crippen molar-refractivity contribution in [3.63, 3.8) is 0 Å². The number of epoxide rings is 1. The molecule has 0 amide bonds. The van der Waals surface area contributed by atoms with Crippen LogP contribution in [0.5, 0.6) is 0 Å². The minimum Gasteiger partial charge on any atom is -0.391 e. The Hall–Kier alpha value is -1.41. The Morgan fingerprint density at radius 2 is 0.792 bits per heavy atom. The smallest absolute Gasteiger partial charge is 0.0848 e. The first-order valence-corrected chi connectivity index (χ1v) is 30.9. The van der Waals surface area contributed by atoms with Crippen LogP contribution in [0, 0.1) is 0 Å². The molecule has 3 aromatic rings. The summed E-state index contributed by atoms with van der Waals surface area (Å²) in [6.45, 7) is 30.7. The summed E-state index contributed by atoms with van der Waals surface area (Å²) in [5, 5.41) is 34.0. The monoisotopic (exact) mass is 1060 g/mol. The van der Waals surface area contributed by atoms with Crippen molar-refractivity contribution in [2.75, 3.05) is 39.3 Å². The number of fused-ring (bicyclic) bond motifs is 1. The van der Waals surface area contributed by atoms with Crippen LogP contribution in [0.3, 0.4) is 0 Å². The maximum atomic E-state index is 10.5. The van der Waals surface area contributed by atoms with Gasteiger partial charge in [0.05, 0.1) is 24.4 Å². The fourth-order valence-corrected chi connectivity index (χ4v) is 11.7. The van der Waals surface area contributed by atoms with Crippen LogP contribution < -0.4 is 20.6 Å². The molecule has 4 heterocycles. The van der Waals surface area contributed by atoms with E-state index in [0.717, 1.165) is 64.3 Å². The van der Waals surface area contributed by atoms with Crippen molar-refractivity contribution in [3.05, 3.63) is 108 Å². The molecular formula is C60H111N6O3P3. The fourth-order valence-electron chi connectivity index (χ4n) is 10.9. The molecule has 4 aliphatic heterocycles. The summed E-state index contributed by atoms with van der Waals surface area (Å²) < 4.78 is 5.40. The van der Waals surface area contributed by atoms with Crippen molar-refractivity contribution < 1.29 is 14.9 Å². The number of likely N-dealkylation sites (tertiary alicyclic amines) is 2. The first-order valence-electron chi connectivity index (χ1n) is 29.2. The summed E-state index contributed by atoms with van der Waals surface area (Å²) in [6.07, 6.45) is 14.9. The van der Waals surface area contributed by atoms with Gasteiger partial charge in [0.15, 0.2) is 0 Å². The van der Waals surface area contributed by atoms with Gasteiger partial charge in [-0.15, -0.1) is 0 Å². The average Bonchev–Trinajstić information content (AvgIpc) is 3.72. The molecule has 414 valence electrons. The minimum absolute atomic E-state index is 0.177. The third kappa shape index (κ3) is 23.9. The Labute approximate surface area is 450 Å². The third-order valence-electron chi connectivity index (χ3n) is 14.4. The van der Waals surface area contributed by atoms with Gasteiger partial charge in [-0.2, -0.15) is 0 Å². The highest BCUT2D eigenvalue weighted by atomic mass is 31.0. The number of nitrogens with zero attached hydrogens (tertiary/aromatic N) is 2. The molecule has 7 fully saturated rings. The predicted molar refractivity (Wildman–Crippen MR) is 325 cm³/mol. The second-order valence-corrected chi connectivity index (χ2v) is 19.4. The summed E-state index contributed by atoms with van der Waals surface area (Å²) in [7, 11) is 7.83. The van der Waals surface area contributed by atoms with E-state index in [1.807, 2.05) is 83.1 Å². The maximum absolute atomic E-state index is 10.5. The van der Waals surface area contributed by atoms with Gasteiger partial charge in [-0.25, -0.2) is 0 Å². The van der Waals surface area contributed by atoms with Crippen LogP contribution in [0.25, 0.3) is 0 Å². The molecule has 3 saturated carbocycles. The molecule has 7 aliphatic rings. The quantitative estimate of drug-likeness (QED) is 0.0971. The van der Waals surface area contributed by atoms with Crippen LogP contribution in [-0.4, -0.2) is 114 Å². The number of aliphatic hydroxyl groups excluding tert-OH is 2. The van der Waals surface area contributed by atoms with Gasteiger partial charge in [0.25, 0.3) is 0 Å². The Morgan fingerprint density at radius 3 is 1.10 bits per heavy atom. The van der Waals surface area contributed by atoms with Gasteiger partial charge in [-0.3, -0.25) is 25.1 Å². The number of benzene rings is 3. The van der Waals surface area contributed by atoms with E-state index in [0.29, 0.717) is 54.3 Å². The number of hydrogen-bond donors (Lipinski definition) is 6. The molecule has 72 heavy (non-hydrogen) atoms. The summed E-state index contributed by atoms with van der Waals surface area (Å²) in [5.74, 6) is 1.80. The molecule has 9 nitrogen and oxygen atoms in total. The highest BCUT2D eigenvalue weighted by molar-refractivity contribution is 7.14. The van der Waals surface area contributed by atoms with Crippen LogP contribution in [0.4, 0.5) is 0 Å². The summed E-state index contributed by atoms with van der Waals surface area (Å²) in [4.78, 5) is 5.00. The van der Waals surface area contributed by atoms with E-state index in [4.69, 9.17) is 4.74 Å². The van der Waals surface area contributed by atoms with Gasteiger partial charge in [-0.1, -0.05) is 202 Å². The highest BCUT2D eigenvalue weighted by Crippen LogP contribution is 2.47. The fraction of sp³-hybridized carbons (Fsp3) is 0.700. The van der Waals surface area contributed by atoms with Gasteiger partial charge >= 0.3 is 0 Å². The van der Waals surface area contributed by atoms with Gasteiger partial charge in [0, 0.05) is 49.8 Å². The van der Waals surface area contributed by atoms with E-state index in [2.05, 4.69) is 150 Å². The largest absolute Gasteiger partial charge is 0.391 e. The number of ether oxygens (including phenoxy) is 1. The first-order chi connectivity index (χ1) is 35.4. The lowest BCUT2D eigenvalue weighted by molar-refractivity contribution is 0.0525. The van der Waals surface area contributed by atoms with E-state index >= 15 is 0 Å². The predicted octanol–water partition coefficient (Wildman–Crippen LogP) is 12.9. The van der Waals surface area contributed by atoms with Crippen molar-refractivity contribution in [2.24, 2.45) is 0 Å². The van der Waals surface area contributed by atoms with Crippen molar-refractivity contribution in [1.82, 2.24) is 30.4 Å². The molecule has 10 rings (SSSR count). The number of rotatable bonds is 8. The summed E-state index contributed by atoms with van der Waals surface area (Å²) in [6, 6.07) is 34.6. The van der Waals surface area contributed by atoms with E-state index in [-0.39, 0.29) is 12.2 Å². The molecular weight excluding hydrogens is 946 g/mol. The molecule has 4 saturated heterocycles. The van der Waals surface area contributed by atoms with Gasteiger partial charge < -0.3 is 20.3 Å². The van der Waals surface area contributed by atoms with Crippen LogP contribution in [0.15, 0.2) is 91.0 Å². The molecule has 3 aromatic carbocycles. The van der Waals surface area contributed by atoms with Gasteiger partial charge in [0.1, 0.15) is 0 Å². The summed E-state index contributed by atoms with van der Waals surface area (Å²) in [5.41, 5.74) is 4.26. The Balaban J connectivity index is 0.000000464. The van der Waals surface area contributed by atoms with Crippen LogP contribution in [-0.2, 0) is 4.74 Å². The van der Waals surface area contributed by atoms with Gasteiger partial charge in [-0.05, 0) is 131 Å². The molecule has 7 unspecified atom stereocenters. The third-order valence-corrected chi connectivity index (χ3v) is 15.8. The molecule has 6 N–H and O–H groups in total. The van der Waals surface area contributed by atoms with Crippen molar-refractivity contribution >= 4 is 28.2 Å². The highest BCUT2D eigenvalue weighted by Gasteiger charge is 2.48. The number of nitrogens with one attached hydrogen (secondary N) is 4. The Bertz CT molecular complexity index is 1560. The zero-order valence-electron chi connectivity index (χ0n) is 47.7. The molecule has 0 aromatic heterocycles. The molecule has 15 atom stereocenters. The second kappa shape index (κ2) is 42.7. The second-order valence-electron chi connectivity index (χ2n) is 18.4. The van der Waals surface area contributed by atoms with Crippen LogP contribution in [0.2, 0.25) is 0 Å². The van der Waals surface area contributed by atoms with E-state index in [1.165, 1.54) is 74.6 Å². The standard InChI is InChI=1S/2C16H25N2OP.C11H12O.C5H13N2P.6C2H6/c2*19-16-10-13(12-5-2-1-3-6-12)9-15(16)18-8-4-7-14(11-18)17-20;1-2-4-8(5-3-1)9-6-10-11(7-9)12-10;8-7-5-2-1-3-6-4-5;6*1-2/h2*1-3,5-6,13-17,19H,4,7-11,20H2;1-5,9-11H,6-7H2;5-7H,1-4,8H2;6*1-2H3/t2*13-,14?,15+,16+;9?,10-,11+;;;;;;;/m10......../s1. The van der Waals surface area contributed by atoms with Crippen molar-refractivity contribution in [1.29, 1.82) is 0 Å². The molecule has 12 heteroatoms. The number of piperidine rings is 3. The van der Waals surface area contributed by atoms with E-state index in [9.17, 15) is 10.2 Å². The zero-order chi connectivity index (χ0) is 53.7. The normalized spacial score (nSPS) is 29.8. The number of hydrogen-bond acceptors (Lipinski definition) is 9. The lowest BCUT2D eigenvalue weighted by Gasteiger charge is -2.37.